The first-order valence-electron chi connectivity index (χ1n) is 7.83. The van der Waals surface area contributed by atoms with E-state index in [2.05, 4.69) is 36.0 Å². The molecule has 9 heteroatoms. The quantitative estimate of drug-likeness (QED) is 0.584. The second-order valence-corrected chi connectivity index (χ2v) is 5.58. The third-order valence-electron chi connectivity index (χ3n) is 3.72. The van der Waals surface area contributed by atoms with Crippen LogP contribution in [0, 0.1) is 6.92 Å². The topological polar surface area (TPSA) is 114 Å². The second kappa shape index (κ2) is 6.55. The molecular formula is C17H14N8O. The molecule has 2 aromatic heterocycles. The number of nitrogens with zero attached hydrogens (tertiary/aromatic N) is 6. The van der Waals surface area contributed by atoms with Crippen molar-refractivity contribution >= 4 is 11.6 Å². The maximum absolute atomic E-state index is 12.5. The molecule has 0 aliphatic heterocycles. The molecule has 0 fully saturated rings. The Labute approximate surface area is 148 Å². The van der Waals surface area contributed by atoms with E-state index in [9.17, 15) is 4.79 Å². The summed E-state index contributed by atoms with van der Waals surface area (Å²) in [5.74, 6) is 1.11. The molecule has 4 rings (SSSR count). The van der Waals surface area contributed by atoms with Gasteiger partial charge >= 0.3 is 0 Å². The van der Waals surface area contributed by atoms with Gasteiger partial charge in [0, 0.05) is 16.8 Å². The Balaban J connectivity index is 1.51. The number of benzene rings is 2. The maximum atomic E-state index is 12.5. The Kier molecular flexibility index (Phi) is 3.94. The van der Waals surface area contributed by atoms with E-state index >= 15 is 0 Å². The van der Waals surface area contributed by atoms with Gasteiger partial charge in [0.15, 0.2) is 5.82 Å². The van der Waals surface area contributed by atoms with Gasteiger partial charge in [-0.05, 0) is 53.7 Å². The zero-order chi connectivity index (χ0) is 17.9. The van der Waals surface area contributed by atoms with Crippen LogP contribution in [0.25, 0.3) is 17.1 Å². The largest absolute Gasteiger partial charge is 0.322 e. The Morgan fingerprint density at radius 1 is 1.15 bits per heavy atom. The van der Waals surface area contributed by atoms with Gasteiger partial charge in [-0.3, -0.25) is 9.89 Å². The fourth-order valence-electron chi connectivity index (χ4n) is 2.46. The van der Waals surface area contributed by atoms with Gasteiger partial charge in [0.2, 0.25) is 0 Å². The van der Waals surface area contributed by atoms with Crippen LogP contribution in [-0.2, 0) is 0 Å². The summed E-state index contributed by atoms with van der Waals surface area (Å²) < 4.78 is 1.52. The number of H-pyrrole nitrogens is 1. The number of nitrogens with one attached hydrogen (secondary N) is 2. The lowest BCUT2D eigenvalue weighted by Crippen LogP contribution is -2.12. The van der Waals surface area contributed by atoms with Crippen molar-refractivity contribution in [1.29, 1.82) is 0 Å². The van der Waals surface area contributed by atoms with Gasteiger partial charge < -0.3 is 5.32 Å². The minimum Gasteiger partial charge on any atom is -0.322 e. The monoisotopic (exact) mass is 346 g/mol. The number of aromatic nitrogens is 7. The summed E-state index contributed by atoms with van der Waals surface area (Å²) in [4.78, 5) is 16.8. The summed E-state index contributed by atoms with van der Waals surface area (Å²) >= 11 is 0. The predicted octanol–water partition coefficient (Wildman–Crippen LogP) is 2.01. The highest BCUT2D eigenvalue weighted by Gasteiger charge is 2.09. The Bertz CT molecular complexity index is 1040. The number of aromatic amines is 1. The van der Waals surface area contributed by atoms with Gasteiger partial charge in [0.1, 0.15) is 12.2 Å². The van der Waals surface area contributed by atoms with Gasteiger partial charge in [-0.15, -0.1) is 5.10 Å². The molecule has 0 unspecified atom stereocenters. The van der Waals surface area contributed by atoms with E-state index in [-0.39, 0.29) is 5.91 Å². The van der Waals surface area contributed by atoms with Crippen LogP contribution in [0.15, 0.2) is 54.9 Å². The molecule has 0 bridgehead atoms. The number of aryl methyl sites for hydroxylation is 1. The zero-order valence-electron chi connectivity index (χ0n) is 13.8. The van der Waals surface area contributed by atoms with Crippen LogP contribution >= 0.6 is 0 Å². The van der Waals surface area contributed by atoms with Gasteiger partial charge in [-0.1, -0.05) is 12.1 Å². The lowest BCUT2D eigenvalue weighted by atomic mass is 10.1. The highest BCUT2D eigenvalue weighted by atomic mass is 16.1. The Hall–Kier alpha value is -3.88. The van der Waals surface area contributed by atoms with Gasteiger partial charge in [0.25, 0.3) is 5.91 Å². The zero-order valence-corrected chi connectivity index (χ0v) is 13.8. The number of carbonyl (C=O) groups excluding carboxylic acids is 1. The van der Waals surface area contributed by atoms with Crippen LogP contribution in [0.3, 0.4) is 0 Å². The van der Waals surface area contributed by atoms with Crippen molar-refractivity contribution < 1.29 is 4.79 Å². The first-order valence-corrected chi connectivity index (χ1v) is 7.83. The summed E-state index contributed by atoms with van der Waals surface area (Å²) in [6.45, 7) is 1.83. The van der Waals surface area contributed by atoms with E-state index in [1.807, 2.05) is 31.2 Å². The van der Waals surface area contributed by atoms with Gasteiger partial charge in [0.05, 0.1) is 5.69 Å². The molecule has 26 heavy (non-hydrogen) atoms. The molecule has 0 aliphatic rings. The summed E-state index contributed by atoms with van der Waals surface area (Å²) in [5, 5.41) is 20.8. The summed E-state index contributed by atoms with van der Waals surface area (Å²) in [5.41, 5.74) is 2.79. The SMILES string of the molecule is Cc1nc(-c2cccc(NC(=O)c3ccc(-n4cnnn4)cc3)c2)n[nH]1. The van der Waals surface area contributed by atoms with Crippen molar-refractivity contribution in [2.45, 2.75) is 6.92 Å². The summed E-state index contributed by atoms with van der Waals surface area (Å²) in [6.07, 6.45) is 1.49. The number of tetrazole rings is 1. The van der Waals surface area contributed by atoms with Crippen LogP contribution in [0.4, 0.5) is 5.69 Å². The molecule has 2 N–H and O–H groups in total. The minimum atomic E-state index is -0.211. The Morgan fingerprint density at radius 3 is 2.69 bits per heavy atom. The van der Waals surface area contributed by atoms with Crippen LogP contribution in [-0.4, -0.2) is 41.3 Å². The number of hydrogen-bond donors (Lipinski definition) is 2. The van der Waals surface area contributed by atoms with Crippen molar-refractivity contribution in [3.63, 3.8) is 0 Å². The number of amides is 1. The molecule has 0 saturated heterocycles. The van der Waals surface area contributed by atoms with Crippen LogP contribution in [0.5, 0.6) is 0 Å². The van der Waals surface area contributed by atoms with Gasteiger partial charge in [-0.25, -0.2) is 9.67 Å². The molecule has 0 saturated carbocycles. The van der Waals surface area contributed by atoms with Crippen LogP contribution in [0.1, 0.15) is 16.2 Å². The third-order valence-corrected chi connectivity index (χ3v) is 3.72. The molecule has 2 heterocycles. The highest BCUT2D eigenvalue weighted by molar-refractivity contribution is 6.04. The molecule has 0 spiro atoms. The van der Waals surface area contributed by atoms with E-state index in [4.69, 9.17) is 0 Å². The van der Waals surface area contributed by atoms with E-state index in [0.29, 0.717) is 17.1 Å². The first kappa shape index (κ1) is 15.6. The molecule has 9 nitrogen and oxygen atoms in total. The molecule has 0 atom stereocenters. The smallest absolute Gasteiger partial charge is 0.255 e. The normalized spacial score (nSPS) is 10.7. The molecular weight excluding hydrogens is 332 g/mol. The molecule has 1 amide bonds. The molecule has 128 valence electrons. The molecule has 0 radical (unpaired) electrons. The fourth-order valence-corrected chi connectivity index (χ4v) is 2.46. The summed E-state index contributed by atoms with van der Waals surface area (Å²) in [6, 6.07) is 14.4. The van der Waals surface area contributed by atoms with E-state index in [1.54, 1.807) is 24.3 Å². The lowest BCUT2D eigenvalue weighted by Gasteiger charge is -2.07. The third kappa shape index (κ3) is 3.18. The van der Waals surface area contributed by atoms with E-state index < -0.39 is 0 Å². The second-order valence-electron chi connectivity index (χ2n) is 5.58. The number of hydrogen-bond acceptors (Lipinski definition) is 6. The first-order chi connectivity index (χ1) is 12.7. The molecule has 4 aromatic rings. The standard InChI is InChI=1S/C17H14N8O/c1-11-19-16(22-21-11)13-3-2-4-14(9-13)20-17(26)12-5-7-15(8-6-12)25-10-18-23-24-25/h2-10H,1H3,(H,20,26)(H,19,21,22). The Morgan fingerprint density at radius 2 is 2.00 bits per heavy atom. The number of rotatable bonds is 4. The van der Waals surface area contributed by atoms with Crippen molar-refractivity contribution in [3.8, 4) is 17.1 Å². The number of anilines is 1. The minimum absolute atomic E-state index is 0.211. The fraction of sp³-hybridized carbons (Fsp3) is 0.0588. The van der Waals surface area contributed by atoms with Crippen molar-refractivity contribution in [2.24, 2.45) is 0 Å². The number of carbonyl (C=O) groups is 1. The lowest BCUT2D eigenvalue weighted by molar-refractivity contribution is 0.102. The van der Waals surface area contributed by atoms with E-state index in [0.717, 1.165) is 17.1 Å². The average molecular weight is 346 g/mol. The maximum Gasteiger partial charge on any atom is 0.255 e. The van der Waals surface area contributed by atoms with Gasteiger partial charge in [-0.2, -0.15) is 5.10 Å². The van der Waals surface area contributed by atoms with Crippen molar-refractivity contribution in [1.82, 2.24) is 35.4 Å². The van der Waals surface area contributed by atoms with Crippen molar-refractivity contribution in [2.75, 3.05) is 5.32 Å². The van der Waals surface area contributed by atoms with Crippen LogP contribution < -0.4 is 5.32 Å². The van der Waals surface area contributed by atoms with Crippen LogP contribution in [0.2, 0.25) is 0 Å². The summed E-state index contributed by atoms with van der Waals surface area (Å²) in [7, 11) is 0. The average Bonchev–Trinajstić information content (AvgIpc) is 3.34. The molecule has 0 aliphatic carbocycles. The highest BCUT2D eigenvalue weighted by Crippen LogP contribution is 2.20. The van der Waals surface area contributed by atoms with Crippen molar-refractivity contribution in [3.05, 3.63) is 66.2 Å². The van der Waals surface area contributed by atoms with E-state index in [1.165, 1.54) is 11.0 Å². The molecule has 2 aromatic carbocycles. The predicted molar refractivity (Wildman–Crippen MR) is 93.7 cm³/mol.